The lowest BCUT2D eigenvalue weighted by atomic mass is 9.99. The Morgan fingerprint density at radius 1 is 1.15 bits per heavy atom. The van der Waals surface area contributed by atoms with Crippen LogP contribution in [0.1, 0.15) is 20.8 Å². The van der Waals surface area contributed by atoms with Crippen molar-refractivity contribution in [1.29, 1.82) is 0 Å². The molecule has 0 saturated heterocycles. The van der Waals surface area contributed by atoms with Crippen LogP contribution in [0, 0.1) is 5.41 Å². The van der Waals surface area contributed by atoms with E-state index in [9.17, 15) is 5.11 Å². The van der Waals surface area contributed by atoms with Gasteiger partial charge in [0, 0.05) is 0 Å². The molecule has 2 nitrogen and oxygen atoms in total. The summed E-state index contributed by atoms with van der Waals surface area (Å²) in [5.41, 5.74) is 0.149. The van der Waals surface area contributed by atoms with Gasteiger partial charge in [-0.25, -0.2) is 0 Å². The maximum absolute atomic E-state index is 10.8. The fourth-order valence-corrected chi connectivity index (χ4v) is 0.836. The van der Waals surface area contributed by atoms with Crippen molar-refractivity contribution in [2.75, 3.05) is 6.61 Å². The van der Waals surface area contributed by atoms with Crippen molar-refractivity contribution in [3.8, 4) is 11.5 Å². The van der Waals surface area contributed by atoms with Crippen LogP contribution in [-0.4, -0.2) is 6.61 Å². The maximum Gasteiger partial charge on any atom is 0.178 e. The SMILES string of the molecule is CC(C)(C)COc1ccc([O])cc1. The van der Waals surface area contributed by atoms with Crippen LogP contribution in [0.25, 0.3) is 0 Å². The van der Waals surface area contributed by atoms with Gasteiger partial charge in [-0.2, -0.15) is 0 Å². The van der Waals surface area contributed by atoms with Gasteiger partial charge in [-0.15, -0.1) is 0 Å². The Hall–Kier alpha value is -1.18. The van der Waals surface area contributed by atoms with Crippen LogP contribution < -0.4 is 4.74 Å². The van der Waals surface area contributed by atoms with E-state index in [4.69, 9.17) is 4.74 Å². The number of hydrogen-bond acceptors (Lipinski definition) is 1. The van der Waals surface area contributed by atoms with Crippen LogP contribution in [0.5, 0.6) is 11.5 Å². The minimum absolute atomic E-state index is 0.0168. The number of benzene rings is 1. The molecule has 0 aliphatic heterocycles. The fourth-order valence-electron chi connectivity index (χ4n) is 0.836. The summed E-state index contributed by atoms with van der Waals surface area (Å²) in [5, 5.41) is 10.8. The van der Waals surface area contributed by atoms with Gasteiger partial charge in [0.05, 0.1) is 6.61 Å². The molecule has 0 aliphatic carbocycles. The zero-order valence-electron chi connectivity index (χ0n) is 8.33. The Balaban J connectivity index is 2.51. The van der Waals surface area contributed by atoms with Crippen molar-refractivity contribution in [3.05, 3.63) is 24.3 Å². The van der Waals surface area contributed by atoms with Gasteiger partial charge in [0.1, 0.15) is 5.75 Å². The van der Waals surface area contributed by atoms with Crippen LogP contribution in [0.2, 0.25) is 0 Å². The van der Waals surface area contributed by atoms with Crippen LogP contribution in [-0.2, 0) is 5.11 Å². The van der Waals surface area contributed by atoms with Gasteiger partial charge in [-0.3, -0.25) is 5.11 Å². The quantitative estimate of drug-likeness (QED) is 0.685. The first-order chi connectivity index (χ1) is 5.97. The summed E-state index contributed by atoms with van der Waals surface area (Å²) < 4.78 is 5.49. The molecule has 1 aromatic carbocycles. The molecule has 0 atom stereocenters. The second-order valence-electron chi connectivity index (χ2n) is 4.32. The van der Waals surface area contributed by atoms with E-state index in [0.717, 1.165) is 5.75 Å². The first kappa shape index (κ1) is 9.90. The minimum Gasteiger partial charge on any atom is -0.493 e. The molecule has 71 valence electrons. The predicted molar refractivity (Wildman–Crippen MR) is 51.5 cm³/mol. The molecule has 2 heteroatoms. The van der Waals surface area contributed by atoms with Gasteiger partial charge >= 0.3 is 0 Å². The average Bonchev–Trinajstić information content (AvgIpc) is 2.02. The van der Waals surface area contributed by atoms with Crippen LogP contribution >= 0.6 is 0 Å². The molecular weight excluding hydrogens is 164 g/mol. The van der Waals surface area contributed by atoms with Crippen molar-refractivity contribution in [1.82, 2.24) is 0 Å². The van der Waals surface area contributed by atoms with Crippen LogP contribution in [0.15, 0.2) is 24.3 Å². The second kappa shape index (κ2) is 3.69. The van der Waals surface area contributed by atoms with Gasteiger partial charge in [-0.05, 0) is 29.7 Å². The first-order valence-corrected chi connectivity index (χ1v) is 4.37. The summed E-state index contributed by atoms with van der Waals surface area (Å²) in [6.45, 7) is 6.98. The van der Waals surface area contributed by atoms with Crippen molar-refractivity contribution in [2.24, 2.45) is 5.41 Å². The highest BCUT2D eigenvalue weighted by Gasteiger charge is 2.10. The van der Waals surface area contributed by atoms with Gasteiger partial charge in [0.25, 0.3) is 0 Å². The summed E-state index contributed by atoms with van der Waals surface area (Å²) >= 11 is 0. The molecule has 1 rings (SSSR count). The molecule has 0 aromatic heterocycles. The number of rotatable bonds is 2. The Morgan fingerprint density at radius 2 is 1.69 bits per heavy atom. The molecule has 0 fully saturated rings. The zero-order chi connectivity index (χ0) is 9.90. The monoisotopic (exact) mass is 179 g/mol. The molecule has 0 bridgehead atoms. The Labute approximate surface area is 79.2 Å². The van der Waals surface area contributed by atoms with E-state index < -0.39 is 0 Å². The molecule has 0 unspecified atom stereocenters. The largest absolute Gasteiger partial charge is 0.493 e. The smallest absolute Gasteiger partial charge is 0.178 e. The van der Waals surface area contributed by atoms with Crippen LogP contribution in [0.4, 0.5) is 0 Å². The zero-order valence-corrected chi connectivity index (χ0v) is 8.33. The van der Waals surface area contributed by atoms with Crippen LogP contribution in [0.3, 0.4) is 0 Å². The molecule has 1 aromatic rings. The summed E-state index contributed by atoms with van der Waals surface area (Å²) in [7, 11) is 0. The van der Waals surface area contributed by atoms with Crippen molar-refractivity contribution in [2.45, 2.75) is 20.8 Å². The summed E-state index contributed by atoms with van der Waals surface area (Å²) in [6.07, 6.45) is 0. The lowest BCUT2D eigenvalue weighted by molar-refractivity contribution is 0.197. The fraction of sp³-hybridized carbons (Fsp3) is 0.455. The summed E-state index contributed by atoms with van der Waals surface area (Å²) in [6, 6.07) is 6.43. The van der Waals surface area contributed by atoms with E-state index in [1.807, 2.05) is 0 Å². The van der Waals surface area contributed by atoms with Gasteiger partial charge in [-0.1, -0.05) is 20.8 Å². The lowest BCUT2D eigenvalue weighted by Gasteiger charge is -2.18. The van der Waals surface area contributed by atoms with Crippen molar-refractivity contribution >= 4 is 0 Å². The van der Waals surface area contributed by atoms with Gasteiger partial charge in [0.2, 0.25) is 0 Å². The summed E-state index contributed by atoms with van der Waals surface area (Å²) in [5.74, 6) is 0.776. The minimum atomic E-state index is 0.0168. The molecule has 0 spiro atoms. The molecular formula is C11H15O2. The number of hydrogen-bond donors (Lipinski definition) is 0. The standard InChI is InChI=1S/C11H15O2/c1-11(2,3)8-13-10-6-4-9(12)5-7-10/h4-7H,8H2,1-3H3. The highest BCUT2D eigenvalue weighted by Crippen LogP contribution is 2.20. The Morgan fingerprint density at radius 3 is 2.15 bits per heavy atom. The van der Waals surface area contributed by atoms with E-state index in [2.05, 4.69) is 20.8 Å². The Kier molecular flexibility index (Phi) is 2.81. The van der Waals surface area contributed by atoms with Crippen molar-refractivity contribution in [3.63, 3.8) is 0 Å². The highest BCUT2D eigenvalue weighted by atomic mass is 16.5. The third-order valence-electron chi connectivity index (χ3n) is 1.50. The Bertz CT molecular complexity index is 256. The number of ether oxygens (including phenoxy) is 1. The lowest BCUT2D eigenvalue weighted by Crippen LogP contribution is -2.16. The molecule has 13 heavy (non-hydrogen) atoms. The summed E-state index contributed by atoms with van der Waals surface area (Å²) in [4.78, 5) is 0. The first-order valence-electron chi connectivity index (χ1n) is 4.37. The van der Waals surface area contributed by atoms with Gasteiger partial charge < -0.3 is 4.74 Å². The molecule has 0 heterocycles. The third kappa shape index (κ3) is 3.83. The van der Waals surface area contributed by atoms with Gasteiger partial charge in [0.15, 0.2) is 5.75 Å². The average molecular weight is 179 g/mol. The topological polar surface area (TPSA) is 29.1 Å². The van der Waals surface area contributed by atoms with E-state index in [0.29, 0.717) is 6.61 Å². The predicted octanol–water partition coefficient (Wildman–Crippen LogP) is 3.26. The van der Waals surface area contributed by atoms with E-state index in [1.54, 1.807) is 12.1 Å². The maximum atomic E-state index is 10.8. The normalized spacial score (nSPS) is 11.3. The molecule has 1 radical (unpaired) electrons. The van der Waals surface area contributed by atoms with Crippen molar-refractivity contribution < 1.29 is 9.84 Å². The molecule has 0 aliphatic rings. The third-order valence-corrected chi connectivity index (χ3v) is 1.50. The van der Waals surface area contributed by atoms with E-state index in [-0.39, 0.29) is 11.2 Å². The highest BCUT2D eigenvalue weighted by molar-refractivity contribution is 5.29. The molecule has 0 N–H and O–H groups in total. The second-order valence-corrected chi connectivity index (χ2v) is 4.32. The molecule has 0 saturated carbocycles. The van der Waals surface area contributed by atoms with E-state index in [1.165, 1.54) is 12.1 Å². The molecule has 0 amide bonds. The van der Waals surface area contributed by atoms with E-state index >= 15 is 0 Å².